The maximum Gasteiger partial charge on any atom is 0.248 e. The van der Waals surface area contributed by atoms with Crippen LogP contribution >= 0.6 is 0 Å². The molecular weight excluding hydrogens is 282 g/mol. The van der Waals surface area contributed by atoms with Gasteiger partial charge in [0.2, 0.25) is 11.8 Å². The first-order valence-electron chi connectivity index (χ1n) is 7.24. The van der Waals surface area contributed by atoms with E-state index in [-0.39, 0.29) is 18.4 Å². The summed E-state index contributed by atoms with van der Waals surface area (Å²) in [5, 5.41) is 6.50. The van der Waals surface area contributed by atoms with Crippen LogP contribution < -0.4 is 10.1 Å². The van der Waals surface area contributed by atoms with Gasteiger partial charge in [-0.15, -0.1) is 0 Å². The van der Waals surface area contributed by atoms with Crippen LogP contribution in [-0.4, -0.2) is 22.7 Å². The van der Waals surface area contributed by atoms with Gasteiger partial charge in [0.05, 0.1) is 13.0 Å². The zero-order valence-electron chi connectivity index (χ0n) is 13.3. The van der Waals surface area contributed by atoms with Gasteiger partial charge in [-0.1, -0.05) is 11.2 Å². The second-order valence-electron chi connectivity index (χ2n) is 5.39. The summed E-state index contributed by atoms with van der Waals surface area (Å²) in [4.78, 5) is 16.0. The number of carbonyl (C=O) groups excluding carboxylic acids is 1. The monoisotopic (exact) mass is 303 g/mol. The molecule has 2 rings (SSSR count). The minimum atomic E-state index is -0.310. The van der Waals surface area contributed by atoms with E-state index in [0.717, 1.165) is 16.9 Å². The third-order valence-electron chi connectivity index (χ3n) is 3.08. The van der Waals surface area contributed by atoms with Gasteiger partial charge in [-0.25, -0.2) is 0 Å². The number of nitrogens with zero attached hydrogens (tertiary/aromatic N) is 2. The molecule has 0 aliphatic heterocycles. The molecule has 0 radical (unpaired) electrons. The molecule has 2 aromatic rings. The Labute approximate surface area is 129 Å². The Hall–Kier alpha value is -2.37. The molecule has 0 aliphatic rings. The van der Waals surface area contributed by atoms with Crippen molar-refractivity contribution in [1.82, 2.24) is 15.5 Å². The summed E-state index contributed by atoms with van der Waals surface area (Å²) in [7, 11) is 0. The molecule has 22 heavy (non-hydrogen) atoms. The van der Waals surface area contributed by atoms with Gasteiger partial charge in [-0.2, -0.15) is 4.98 Å². The molecule has 1 aromatic carbocycles. The smallest absolute Gasteiger partial charge is 0.248 e. The van der Waals surface area contributed by atoms with E-state index in [1.54, 1.807) is 13.8 Å². The van der Waals surface area contributed by atoms with E-state index in [2.05, 4.69) is 21.5 Å². The second kappa shape index (κ2) is 7.06. The van der Waals surface area contributed by atoms with Crippen molar-refractivity contribution in [2.75, 3.05) is 6.61 Å². The van der Waals surface area contributed by atoms with E-state index < -0.39 is 0 Å². The van der Waals surface area contributed by atoms with E-state index in [0.29, 0.717) is 18.3 Å². The summed E-state index contributed by atoms with van der Waals surface area (Å²) < 4.78 is 10.6. The highest BCUT2D eigenvalue weighted by molar-refractivity contribution is 5.76. The fourth-order valence-corrected chi connectivity index (χ4v) is 2.14. The molecule has 0 fully saturated rings. The lowest BCUT2D eigenvalue weighted by Gasteiger charge is -2.11. The van der Waals surface area contributed by atoms with Gasteiger partial charge < -0.3 is 14.6 Å². The number of hydrogen-bond acceptors (Lipinski definition) is 5. The van der Waals surface area contributed by atoms with Crippen molar-refractivity contribution in [2.24, 2.45) is 0 Å². The van der Waals surface area contributed by atoms with Crippen molar-refractivity contribution in [3.63, 3.8) is 0 Å². The van der Waals surface area contributed by atoms with Crippen molar-refractivity contribution >= 4 is 5.91 Å². The van der Waals surface area contributed by atoms with Crippen LogP contribution in [-0.2, 0) is 4.79 Å². The first-order chi connectivity index (χ1) is 10.4. The molecule has 1 heterocycles. The zero-order chi connectivity index (χ0) is 16.1. The van der Waals surface area contributed by atoms with E-state index in [1.807, 2.05) is 26.0 Å². The number of nitrogens with one attached hydrogen (secondary N) is 1. The molecule has 1 amide bonds. The molecule has 0 saturated carbocycles. The SMILES string of the molecule is Cc1cc(C)cc(OCCC(=O)N[C@H](C)c2nc(C)no2)c1. The summed E-state index contributed by atoms with van der Waals surface area (Å²) in [5.41, 5.74) is 2.28. The maximum atomic E-state index is 11.9. The average Bonchev–Trinajstić information content (AvgIpc) is 2.84. The van der Waals surface area contributed by atoms with Gasteiger partial charge in [0, 0.05) is 0 Å². The number of amides is 1. The lowest BCUT2D eigenvalue weighted by molar-refractivity contribution is -0.122. The summed E-state index contributed by atoms with van der Waals surface area (Å²) in [6.45, 7) is 7.89. The van der Waals surface area contributed by atoms with Crippen LogP contribution in [0.1, 0.15) is 42.2 Å². The number of hydrogen-bond donors (Lipinski definition) is 1. The largest absolute Gasteiger partial charge is 0.493 e. The van der Waals surface area contributed by atoms with Gasteiger partial charge in [-0.05, 0) is 51.0 Å². The fraction of sp³-hybridized carbons (Fsp3) is 0.438. The van der Waals surface area contributed by atoms with Crippen LogP contribution in [0.5, 0.6) is 5.75 Å². The van der Waals surface area contributed by atoms with Crippen LogP contribution in [0.3, 0.4) is 0 Å². The summed E-state index contributed by atoms with van der Waals surface area (Å²) in [6, 6.07) is 5.67. The van der Waals surface area contributed by atoms with Crippen LogP contribution in [0, 0.1) is 20.8 Å². The van der Waals surface area contributed by atoms with Gasteiger partial charge in [0.1, 0.15) is 11.8 Å². The standard InChI is InChI=1S/C16H21N3O3/c1-10-7-11(2)9-14(8-10)21-6-5-15(20)17-12(3)16-18-13(4)19-22-16/h7-9,12H,5-6H2,1-4H3,(H,17,20)/t12-/m1/s1. The Bertz CT molecular complexity index is 632. The third kappa shape index (κ3) is 4.58. The van der Waals surface area contributed by atoms with E-state index in [1.165, 1.54) is 0 Å². The molecule has 118 valence electrons. The maximum absolute atomic E-state index is 11.9. The van der Waals surface area contributed by atoms with Gasteiger partial charge in [-0.3, -0.25) is 4.79 Å². The van der Waals surface area contributed by atoms with Crippen molar-refractivity contribution in [3.8, 4) is 5.75 Å². The first kappa shape index (κ1) is 16.0. The average molecular weight is 303 g/mol. The summed E-state index contributed by atoms with van der Waals surface area (Å²) >= 11 is 0. The molecule has 1 atom stereocenters. The Morgan fingerprint density at radius 1 is 1.27 bits per heavy atom. The lowest BCUT2D eigenvalue weighted by Crippen LogP contribution is -2.28. The van der Waals surface area contributed by atoms with E-state index >= 15 is 0 Å². The molecule has 0 spiro atoms. The van der Waals surface area contributed by atoms with Crippen molar-refractivity contribution in [2.45, 2.75) is 40.2 Å². The molecule has 0 bridgehead atoms. The molecule has 1 aromatic heterocycles. The minimum absolute atomic E-state index is 0.118. The summed E-state index contributed by atoms with van der Waals surface area (Å²) in [5.74, 6) is 1.62. The highest BCUT2D eigenvalue weighted by Gasteiger charge is 2.15. The highest BCUT2D eigenvalue weighted by atomic mass is 16.5. The van der Waals surface area contributed by atoms with Crippen molar-refractivity contribution < 1.29 is 14.1 Å². The normalized spacial score (nSPS) is 12.0. The van der Waals surface area contributed by atoms with Gasteiger partial charge >= 0.3 is 0 Å². The zero-order valence-corrected chi connectivity index (χ0v) is 13.3. The van der Waals surface area contributed by atoms with Crippen molar-refractivity contribution in [3.05, 3.63) is 41.0 Å². The molecule has 0 aliphatic carbocycles. The Kier molecular flexibility index (Phi) is 5.14. The number of aryl methyl sites for hydroxylation is 3. The quantitative estimate of drug-likeness (QED) is 0.887. The molecule has 0 unspecified atom stereocenters. The Morgan fingerprint density at radius 3 is 2.55 bits per heavy atom. The lowest BCUT2D eigenvalue weighted by atomic mass is 10.1. The third-order valence-corrected chi connectivity index (χ3v) is 3.08. The number of carbonyl (C=O) groups is 1. The topological polar surface area (TPSA) is 77.2 Å². The molecule has 6 heteroatoms. The Morgan fingerprint density at radius 2 is 1.95 bits per heavy atom. The van der Waals surface area contributed by atoms with Crippen LogP contribution in [0.4, 0.5) is 0 Å². The van der Waals surface area contributed by atoms with Crippen molar-refractivity contribution in [1.29, 1.82) is 0 Å². The second-order valence-corrected chi connectivity index (χ2v) is 5.39. The number of ether oxygens (including phenoxy) is 1. The first-order valence-corrected chi connectivity index (χ1v) is 7.24. The van der Waals surface area contributed by atoms with Crippen LogP contribution in [0.25, 0.3) is 0 Å². The van der Waals surface area contributed by atoms with Crippen LogP contribution in [0.15, 0.2) is 22.7 Å². The predicted molar refractivity (Wildman–Crippen MR) is 81.6 cm³/mol. The van der Waals surface area contributed by atoms with Gasteiger partial charge in [0.15, 0.2) is 5.82 Å². The number of benzene rings is 1. The van der Waals surface area contributed by atoms with E-state index in [9.17, 15) is 4.79 Å². The minimum Gasteiger partial charge on any atom is -0.493 e. The summed E-state index contributed by atoms with van der Waals surface area (Å²) in [6.07, 6.45) is 0.268. The number of aromatic nitrogens is 2. The van der Waals surface area contributed by atoms with E-state index in [4.69, 9.17) is 9.26 Å². The Balaban J connectivity index is 1.78. The predicted octanol–water partition coefficient (Wildman–Crippen LogP) is 2.64. The van der Waals surface area contributed by atoms with Gasteiger partial charge in [0.25, 0.3) is 0 Å². The molecular formula is C16H21N3O3. The number of rotatable bonds is 6. The highest BCUT2D eigenvalue weighted by Crippen LogP contribution is 2.16. The molecule has 0 saturated heterocycles. The fourth-order valence-electron chi connectivity index (χ4n) is 2.14. The molecule has 6 nitrogen and oxygen atoms in total. The molecule has 1 N–H and O–H groups in total. The van der Waals surface area contributed by atoms with Crippen LogP contribution in [0.2, 0.25) is 0 Å².